The molecule has 0 saturated carbocycles. The number of carbonyl (C=O) groups excluding carboxylic acids is 8. The molecule has 8 N–H and O–H groups in total. The van der Waals surface area contributed by atoms with Crippen LogP contribution in [0.25, 0.3) is 0 Å². The van der Waals surface area contributed by atoms with Crippen LogP contribution in [0.3, 0.4) is 0 Å². The van der Waals surface area contributed by atoms with Crippen LogP contribution < -0.4 is 20.4 Å². The van der Waals surface area contributed by atoms with E-state index >= 15 is 0 Å². The normalized spacial score (nSPS) is 11.6. The van der Waals surface area contributed by atoms with Gasteiger partial charge in [0.15, 0.2) is 24.4 Å². The number of rotatable bonds is 12. The maximum Gasteiger partial charge on any atom is 2.00 e. The van der Waals surface area contributed by atoms with Gasteiger partial charge in [-0.2, -0.15) is 21.0 Å². The molecule has 0 aliphatic rings. The van der Waals surface area contributed by atoms with Gasteiger partial charge < -0.3 is 60.0 Å². The molecule has 0 aromatic heterocycles. The van der Waals surface area contributed by atoms with Crippen LogP contribution in [0.5, 0.6) is 0 Å². The van der Waals surface area contributed by atoms with E-state index in [1.165, 1.54) is 0 Å². The molecule has 0 saturated heterocycles. The minimum atomic E-state index is -1.87. The monoisotopic (exact) mass is 676 g/mol. The number of hydrogen-bond acceptors (Lipinski definition) is 24. The number of aliphatic hydroxyl groups excluding tert-OH is 4. The van der Waals surface area contributed by atoms with Gasteiger partial charge in [0.2, 0.25) is 0 Å². The molecule has 0 aliphatic carbocycles. The molecule has 0 bridgehead atoms. The molecule has 232 valence electrons. The molecule has 0 aromatic carbocycles. The second kappa shape index (κ2) is 31.9. The Morgan fingerprint density at radius 1 is 0.405 bits per heavy atom. The molecule has 26 heteroatoms. The molecule has 4 atom stereocenters. The number of carbonyl (C=O) groups is 8. The van der Waals surface area contributed by atoms with Crippen molar-refractivity contribution in [1.29, 1.82) is 0 Å². The fourth-order valence-electron chi connectivity index (χ4n) is 1.21. The smallest absolute Gasteiger partial charge is 0.550 e. The Morgan fingerprint density at radius 3 is 0.595 bits per heavy atom. The first kappa shape index (κ1) is 52.6. The average molecular weight is 676 g/mol. The Labute approximate surface area is 290 Å². The fourth-order valence-corrected chi connectivity index (χ4v) is 1.21. The van der Waals surface area contributed by atoms with Gasteiger partial charge in [-0.05, 0) is 0 Å². The van der Waals surface area contributed by atoms with Crippen LogP contribution in [-0.2, 0) is 57.9 Å². The van der Waals surface area contributed by atoms with E-state index in [1.807, 2.05) is 0 Å². The van der Waals surface area contributed by atoms with Gasteiger partial charge in [-0.25, -0.2) is 19.2 Å². The van der Waals surface area contributed by atoms with E-state index in [2.05, 4.69) is 19.6 Å². The molecule has 42 heavy (non-hydrogen) atoms. The van der Waals surface area contributed by atoms with Crippen molar-refractivity contribution in [2.75, 3.05) is 0 Å². The van der Waals surface area contributed by atoms with Crippen molar-refractivity contribution in [1.82, 2.24) is 0 Å². The number of aliphatic hydroxyl groups is 4. The molecule has 4 unspecified atom stereocenters. The molecule has 0 spiro atoms. The van der Waals surface area contributed by atoms with E-state index in [4.69, 9.17) is 41.5 Å². The van der Waals surface area contributed by atoms with E-state index < -0.39 is 97.9 Å². The zero-order valence-electron chi connectivity index (χ0n) is 20.7. The summed E-state index contributed by atoms with van der Waals surface area (Å²) >= 11 is 0. The maximum atomic E-state index is 10.0. The Kier molecular flexibility index (Phi) is 39.9. The molecule has 0 fully saturated rings. The summed E-state index contributed by atoms with van der Waals surface area (Å²) in [5, 5.41) is 103. The summed E-state index contributed by atoms with van der Waals surface area (Å²) in [5.74, 6) is -12.0. The van der Waals surface area contributed by atoms with Crippen LogP contribution >= 0.6 is 0 Å². The van der Waals surface area contributed by atoms with Gasteiger partial charge >= 0.3 is 99.4 Å². The number of carboxylic acids is 4. The SMILES string of the molecule is O=C([O-])CC(O)C(=O)OO.O=C([O-])CC(O)C(=O)OO.O=C([O-])CC(O)C(=O)OO.O=C([O-])CC(O)C(=O)OO.[Ca+2].[Ca+2]. The van der Waals surface area contributed by atoms with Crippen LogP contribution in [-0.4, -0.2) is 189 Å². The second-order valence-corrected chi connectivity index (χ2v) is 6.01. The molecule has 24 nitrogen and oxygen atoms in total. The molecule has 0 rings (SSSR count). The van der Waals surface area contributed by atoms with E-state index in [-0.39, 0.29) is 75.5 Å². The standard InChI is InChI=1S/4C4H6O6.2Ca/c4*5-2(1-3(6)7)4(8)10-9;;/h4*2,5,9H,1H2,(H,6,7);;/q;;;;2*+2/p-4. The third-order valence-corrected chi connectivity index (χ3v) is 2.89. The molecular formula is C16H20Ca2O24. The maximum absolute atomic E-state index is 10.0. The van der Waals surface area contributed by atoms with Crippen molar-refractivity contribution in [2.24, 2.45) is 0 Å². The predicted molar refractivity (Wildman–Crippen MR) is 109 cm³/mol. The van der Waals surface area contributed by atoms with Crippen molar-refractivity contribution in [3.05, 3.63) is 0 Å². The van der Waals surface area contributed by atoms with Crippen LogP contribution in [0, 0.1) is 0 Å². The summed E-state index contributed by atoms with van der Waals surface area (Å²) in [4.78, 5) is 90.9. The van der Waals surface area contributed by atoms with Crippen molar-refractivity contribution in [3.8, 4) is 0 Å². The summed E-state index contributed by atoms with van der Waals surface area (Å²) in [6.45, 7) is 0. The van der Waals surface area contributed by atoms with Crippen LogP contribution in [0.1, 0.15) is 25.7 Å². The van der Waals surface area contributed by atoms with Gasteiger partial charge in [0.05, 0.1) is 0 Å². The third kappa shape index (κ3) is 36.0. The van der Waals surface area contributed by atoms with Crippen molar-refractivity contribution in [2.45, 2.75) is 50.1 Å². The topological polar surface area (TPSA) is 428 Å². The first-order valence-electron chi connectivity index (χ1n) is 9.23. The molecular weight excluding hydrogens is 656 g/mol. The molecule has 0 heterocycles. The van der Waals surface area contributed by atoms with E-state index in [9.17, 15) is 58.8 Å². The minimum absolute atomic E-state index is 0. The van der Waals surface area contributed by atoms with Crippen molar-refractivity contribution < 1.29 is 120 Å². The van der Waals surface area contributed by atoms with Gasteiger partial charge in [-0.1, -0.05) is 0 Å². The first-order chi connectivity index (χ1) is 18.3. The molecule has 0 aliphatic heterocycles. The largest absolute Gasteiger partial charge is 2.00 e. The summed E-state index contributed by atoms with van der Waals surface area (Å²) < 4.78 is 0. The Hall–Kier alpha value is -2.04. The van der Waals surface area contributed by atoms with E-state index in [1.54, 1.807) is 0 Å². The fraction of sp³-hybridized carbons (Fsp3) is 0.500. The third-order valence-electron chi connectivity index (χ3n) is 2.89. The quantitative estimate of drug-likeness (QED) is 0.0411. The predicted octanol–water partition coefficient (Wildman–Crippen LogP) is -10.7. The molecule has 0 radical (unpaired) electrons. The summed E-state index contributed by atoms with van der Waals surface area (Å²) in [5.41, 5.74) is 0. The minimum Gasteiger partial charge on any atom is -0.550 e. The van der Waals surface area contributed by atoms with Gasteiger partial charge in [0.1, 0.15) is 0 Å². The zero-order valence-corrected chi connectivity index (χ0v) is 25.1. The first-order valence-corrected chi connectivity index (χ1v) is 9.23. The van der Waals surface area contributed by atoms with Crippen molar-refractivity contribution >= 4 is 123 Å². The second-order valence-electron chi connectivity index (χ2n) is 6.01. The number of hydrogen-bond donors (Lipinski definition) is 8. The van der Waals surface area contributed by atoms with E-state index in [0.29, 0.717) is 0 Å². The number of carboxylic acid groups (broad SMARTS) is 4. The zero-order chi connectivity index (χ0) is 32.6. The summed E-state index contributed by atoms with van der Waals surface area (Å²) in [6.07, 6.45) is -11.0. The van der Waals surface area contributed by atoms with Gasteiger partial charge in [0, 0.05) is 49.6 Å². The van der Waals surface area contributed by atoms with E-state index in [0.717, 1.165) is 0 Å². The average Bonchev–Trinajstić information content (AvgIpc) is 2.85. The number of aliphatic carboxylic acids is 4. The van der Waals surface area contributed by atoms with Crippen LogP contribution in [0.2, 0.25) is 0 Å². The molecule has 0 amide bonds. The Balaban J connectivity index is -0.000000101. The Morgan fingerprint density at radius 2 is 0.524 bits per heavy atom. The van der Waals surface area contributed by atoms with Crippen molar-refractivity contribution in [3.63, 3.8) is 0 Å². The van der Waals surface area contributed by atoms with Crippen LogP contribution in [0.15, 0.2) is 0 Å². The molecule has 0 aromatic rings. The van der Waals surface area contributed by atoms with Gasteiger partial charge in [-0.3, -0.25) is 19.6 Å². The van der Waals surface area contributed by atoms with Crippen LogP contribution in [0.4, 0.5) is 0 Å². The summed E-state index contributed by atoms with van der Waals surface area (Å²) in [7, 11) is 0. The van der Waals surface area contributed by atoms with Gasteiger partial charge in [-0.15, -0.1) is 0 Å². The Bertz CT molecular complexity index is 710. The van der Waals surface area contributed by atoms with Gasteiger partial charge in [0.25, 0.3) is 0 Å². The summed E-state index contributed by atoms with van der Waals surface area (Å²) in [6, 6.07) is 0.